The maximum atomic E-state index is 11.7. The number of hydrogen-bond donors (Lipinski definition) is 2. The third-order valence-electron chi connectivity index (χ3n) is 2.85. The summed E-state index contributed by atoms with van der Waals surface area (Å²) in [6.45, 7) is 1.71. The van der Waals surface area contributed by atoms with Gasteiger partial charge in [0, 0.05) is 6.07 Å². The van der Waals surface area contributed by atoms with Crippen LogP contribution in [0.25, 0.3) is 0 Å². The summed E-state index contributed by atoms with van der Waals surface area (Å²) in [5, 5.41) is 15.6. The molecule has 2 rings (SSSR count). The van der Waals surface area contributed by atoms with Crippen molar-refractivity contribution in [3.63, 3.8) is 0 Å². The van der Waals surface area contributed by atoms with Crippen LogP contribution in [0.5, 0.6) is 0 Å². The van der Waals surface area contributed by atoms with E-state index in [-0.39, 0.29) is 18.2 Å². The fourth-order valence-electron chi connectivity index (χ4n) is 1.70. The Morgan fingerprint density at radius 1 is 1.73 bits per heavy atom. The largest absolute Gasteiger partial charge is 0.394 e. The molecule has 0 aromatic carbocycles. The summed E-state index contributed by atoms with van der Waals surface area (Å²) in [6.07, 6.45) is 2.69. The van der Waals surface area contributed by atoms with E-state index in [1.807, 2.05) is 0 Å². The minimum Gasteiger partial charge on any atom is -0.394 e. The number of carbonyl (C=O) groups is 1. The predicted molar refractivity (Wildman–Crippen MR) is 52.4 cm³/mol. The Morgan fingerprint density at radius 2 is 2.47 bits per heavy atom. The molecule has 1 fully saturated rings. The highest BCUT2D eigenvalue weighted by Crippen LogP contribution is 2.31. The highest BCUT2D eigenvalue weighted by molar-refractivity contribution is 5.92. The summed E-state index contributed by atoms with van der Waals surface area (Å²) in [7, 11) is 0. The highest BCUT2D eigenvalue weighted by atomic mass is 16.5. The summed E-state index contributed by atoms with van der Waals surface area (Å²) in [5.41, 5.74) is -0.156. The van der Waals surface area contributed by atoms with Crippen molar-refractivity contribution in [1.82, 2.24) is 10.5 Å². The van der Waals surface area contributed by atoms with E-state index >= 15 is 0 Å². The first-order valence-corrected chi connectivity index (χ1v) is 5.02. The van der Waals surface area contributed by atoms with E-state index < -0.39 is 5.54 Å². The Balaban J connectivity index is 2.03. The van der Waals surface area contributed by atoms with Crippen molar-refractivity contribution in [3.05, 3.63) is 17.5 Å². The van der Waals surface area contributed by atoms with Crippen LogP contribution in [0.1, 0.15) is 35.5 Å². The van der Waals surface area contributed by atoms with Gasteiger partial charge in [0.2, 0.25) is 0 Å². The Kier molecular flexibility index (Phi) is 2.48. The number of nitrogens with zero attached hydrogens (tertiary/aromatic N) is 1. The van der Waals surface area contributed by atoms with E-state index in [0.29, 0.717) is 5.76 Å². The van der Waals surface area contributed by atoms with Gasteiger partial charge in [-0.15, -0.1) is 0 Å². The quantitative estimate of drug-likeness (QED) is 0.767. The van der Waals surface area contributed by atoms with Crippen molar-refractivity contribution in [2.24, 2.45) is 0 Å². The van der Waals surface area contributed by atoms with Gasteiger partial charge < -0.3 is 14.9 Å². The van der Waals surface area contributed by atoms with Crippen LogP contribution in [-0.4, -0.2) is 28.3 Å². The molecule has 0 unspecified atom stereocenters. The second-order valence-corrected chi connectivity index (χ2v) is 4.07. The van der Waals surface area contributed by atoms with Gasteiger partial charge in [-0.25, -0.2) is 0 Å². The SMILES string of the molecule is Cc1cc(C(=O)NC2(CO)CCC2)no1. The average Bonchev–Trinajstić information content (AvgIpc) is 2.58. The van der Waals surface area contributed by atoms with E-state index in [1.165, 1.54) is 0 Å². The Labute approximate surface area is 87.5 Å². The smallest absolute Gasteiger partial charge is 0.273 e. The van der Waals surface area contributed by atoms with Crippen molar-refractivity contribution < 1.29 is 14.4 Å². The number of aliphatic hydroxyl groups excluding tert-OH is 1. The Morgan fingerprint density at radius 3 is 2.87 bits per heavy atom. The number of aryl methyl sites for hydroxylation is 1. The van der Waals surface area contributed by atoms with Gasteiger partial charge in [-0.3, -0.25) is 4.79 Å². The van der Waals surface area contributed by atoms with Crippen LogP contribution in [0.2, 0.25) is 0 Å². The Hall–Kier alpha value is -1.36. The summed E-state index contributed by atoms with van der Waals surface area (Å²) in [5.74, 6) is 0.326. The normalized spacial score (nSPS) is 18.3. The third-order valence-corrected chi connectivity index (χ3v) is 2.85. The fraction of sp³-hybridized carbons (Fsp3) is 0.600. The average molecular weight is 210 g/mol. The van der Waals surface area contributed by atoms with Crippen molar-refractivity contribution >= 4 is 5.91 Å². The summed E-state index contributed by atoms with van der Waals surface area (Å²) in [4.78, 5) is 11.7. The predicted octanol–water partition coefficient (Wildman–Crippen LogP) is 0.628. The van der Waals surface area contributed by atoms with Crippen molar-refractivity contribution in [2.75, 3.05) is 6.61 Å². The molecule has 15 heavy (non-hydrogen) atoms. The molecule has 0 spiro atoms. The summed E-state index contributed by atoms with van der Waals surface area (Å²) in [6, 6.07) is 1.58. The lowest BCUT2D eigenvalue weighted by Gasteiger charge is -2.40. The van der Waals surface area contributed by atoms with Crippen molar-refractivity contribution in [1.29, 1.82) is 0 Å². The second kappa shape index (κ2) is 3.66. The van der Waals surface area contributed by atoms with Crippen LogP contribution in [-0.2, 0) is 0 Å². The van der Waals surface area contributed by atoms with Crippen LogP contribution >= 0.6 is 0 Å². The van der Waals surface area contributed by atoms with E-state index in [9.17, 15) is 9.90 Å². The summed E-state index contributed by atoms with van der Waals surface area (Å²) < 4.78 is 4.81. The molecule has 0 radical (unpaired) electrons. The molecule has 82 valence electrons. The monoisotopic (exact) mass is 210 g/mol. The topological polar surface area (TPSA) is 75.4 Å². The Bertz CT molecular complexity index is 363. The molecular weight excluding hydrogens is 196 g/mol. The van der Waals surface area contributed by atoms with Gasteiger partial charge in [-0.1, -0.05) is 5.16 Å². The fourth-order valence-corrected chi connectivity index (χ4v) is 1.70. The zero-order valence-corrected chi connectivity index (χ0v) is 8.62. The van der Waals surface area contributed by atoms with Gasteiger partial charge in [0.15, 0.2) is 5.69 Å². The lowest BCUT2D eigenvalue weighted by atomic mass is 9.77. The number of amides is 1. The number of carbonyl (C=O) groups excluding carboxylic acids is 1. The minimum atomic E-state index is -0.427. The molecule has 1 aliphatic rings. The zero-order valence-electron chi connectivity index (χ0n) is 8.62. The molecule has 0 aliphatic heterocycles. The highest BCUT2D eigenvalue weighted by Gasteiger charge is 2.38. The minimum absolute atomic E-state index is 0.0183. The molecule has 1 aromatic rings. The molecule has 1 aliphatic carbocycles. The summed E-state index contributed by atoms with van der Waals surface area (Å²) >= 11 is 0. The standard InChI is InChI=1S/C10H14N2O3/c1-7-5-8(12-15-7)9(14)11-10(6-13)3-2-4-10/h5,13H,2-4,6H2,1H3,(H,11,14). The number of aromatic nitrogens is 1. The van der Waals surface area contributed by atoms with Gasteiger partial charge in [0.1, 0.15) is 5.76 Å². The first-order valence-electron chi connectivity index (χ1n) is 5.02. The first-order chi connectivity index (χ1) is 7.15. The molecule has 2 N–H and O–H groups in total. The van der Waals surface area contributed by atoms with Crippen LogP contribution in [0.4, 0.5) is 0 Å². The molecule has 0 bridgehead atoms. The van der Waals surface area contributed by atoms with Crippen molar-refractivity contribution in [2.45, 2.75) is 31.7 Å². The van der Waals surface area contributed by atoms with E-state index in [4.69, 9.17) is 4.52 Å². The molecule has 5 nitrogen and oxygen atoms in total. The van der Waals surface area contributed by atoms with Gasteiger partial charge in [0.25, 0.3) is 5.91 Å². The van der Waals surface area contributed by atoms with Gasteiger partial charge in [0.05, 0.1) is 12.1 Å². The molecule has 1 heterocycles. The van der Waals surface area contributed by atoms with Gasteiger partial charge >= 0.3 is 0 Å². The lowest BCUT2D eigenvalue weighted by Crippen LogP contribution is -2.56. The number of aliphatic hydroxyl groups is 1. The molecule has 0 saturated heterocycles. The van der Waals surface area contributed by atoms with Crippen molar-refractivity contribution in [3.8, 4) is 0 Å². The molecule has 0 atom stereocenters. The van der Waals surface area contributed by atoms with Gasteiger partial charge in [-0.05, 0) is 26.2 Å². The molecular formula is C10H14N2O3. The van der Waals surface area contributed by atoms with Crippen LogP contribution in [0, 0.1) is 6.92 Å². The van der Waals surface area contributed by atoms with Gasteiger partial charge in [-0.2, -0.15) is 0 Å². The number of nitrogens with one attached hydrogen (secondary N) is 1. The lowest BCUT2D eigenvalue weighted by molar-refractivity contribution is 0.0634. The molecule has 5 heteroatoms. The number of rotatable bonds is 3. The first kappa shape index (κ1) is 10.2. The molecule has 1 saturated carbocycles. The van der Waals surface area contributed by atoms with E-state index in [2.05, 4.69) is 10.5 Å². The van der Waals surface area contributed by atoms with Crippen LogP contribution in [0.15, 0.2) is 10.6 Å². The van der Waals surface area contributed by atoms with Crippen LogP contribution in [0.3, 0.4) is 0 Å². The maximum absolute atomic E-state index is 11.7. The molecule has 1 amide bonds. The third kappa shape index (κ3) is 1.87. The second-order valence-electron chi connectivity index (χ2n) is 4.07. The van der Waals surface area contributed by atoms with E-state index in [0.717, 1.165) is 19.3 Å². The maximum Gasteiger partial charge on any atom is 0.273 e. The van der Waals surface area contributed by atoms with E-state index in [1.54, 1.807) is 13.0 Å². The molecule has 1 aromatic heterocycles. The number of hydrogen-bond acceptors (Lipinski definition) is 4. The zero-order chi connectivity index (χ0) is 10.9. The van der Waals surface area contributed by atoms with Crippen LogP contribution < -0.4 is 5.32 Å².